The Balaban J connectivity index is 1.31. The molecular formula is C24H23N5O4S. The van der Waals surface area contributed by atoms with E-state index in [4.69, 9.17) is 14.0 Å². The molecule has 0 spiro atoms. The lowest BCUT2D eigenvalue weighted by Gasteiger charge is -2.19. The number of benzene rings is 2. The van der Waals surface area contributed by atoms with Gasteiger partial charge in [0.05, 0.1) is 5.52 Å². The van der Waals surface area contributed by atoms with Crippen LogP contribution in [0.15, 0.2) is 63.2 Å². The Labute approximate surface area is 200 Å². The summed E-state index contributed by atoms with van der Waals surface area (Å²) in [5, 5.41) is 11.1. The summed E-state index contributed by atoms with van der Waals surface area (Å²) in [6, 6.07) is 12.6. The van der Waals surface area contributed by atoms with Gasteiger partial charge in [0, 0.05) is 33.5 Å². The molecule has 2 amide bonds. The maximum atomic E-state index is 12.5. The highest BCUT2D eigenvalue weighted by atomic mass is 32.2. The van der Waals surface area contributed by atoms with Gasteiger partial charge in [-0.15, -0.1) is 0 Å². The Kier molecular flexibility index (Phi) is 5.74. The summed E-state index contributed by atoms with van der Waals surface area (Å²) in [5.74, 6) is 2.42. The average molecular weight is 478 g/mol. The molecule has 2 aromatic heterocycles. The van der Waals surface area contributed by atoms with Crippen molar-refractivity contribution in [3.63, 3.8) is 0 Å². The quantitative estimate of drug-likeness (QED) is 0.372. The summed E-state index contributed by atoms with van der Waals surface area (Å²) in [5.41, 5.74) is 1.21. The Morgan fingerprint density at radius 1 is 1.00 bits per heavy atom. The minimum Gasteiger partial charge on any atom is -0.486 e. The summed E-state index contributed by atoms with van der Waals surface area (Å²) in [7, 11) is 0. The lowest BCUT2D eigenvalue weighted by Crippen LogP contribution is -2.19. The van der Waals surface area contributed by atoms with Crippen molar-refractivity contribution in [2.75, 3.05) is 23.8 Å². The van der Waals surface area contributed by atoms with E-state index >= 15 is 0 Å². The van der Waals surface area contributed by atoms with E-state index in [1.807, 2.05) is 57.2 Å². The summed E-state index contributed by atoms with van der Waals surface area (Å²) < 4.78 is 16.7. The fourth-order valence-corrected chi connectivity index (χ4v) is 4.29. The van der Waals surface area contributed by atoms with Crippen LogP contribution in [-0.4, -0.2) is 34.4 Å². The van der Waals surface area contributed by atoms with Crippen LogP contribution in [0.2, 0.25) is 0 Å². The standard InChI is InChI=1S/C24H23N5O4S/c1-24(2,3)20-12-21(29-33-20)28-23(30)27-14-5-4-6-15(9-14)34-22-16-10-18-19(32-8-7-31-18)11-17(16)25-13-26-22/h4-6,9-13H,7-8H2,1-3H3,(H2,27,28,29,30). The third-order valence-electron chi connectivity index (χ3n) is 5.06. The maximum absolute atomic E-state index is 12.5. The lowest BCUT2D eigenvalue weighted by molar-refractivity contribution is 0.172. The third-order valence-corrected chi connectivity index (χ3v) is 6.07. The van der Waals surface area contributed by atoms with E-state index in [9.17, 15) is 4.79 Å². The molecule has 0 fully saturated rings. The van der Waals surface area contributed by atoms with Crippen LogP contribution in [0.3, 0.4) is 0 Å². The molecule has 5 rings (SSSR count). The predicted octanol–water partition coefficient (Wildman–Crippen LogP) is 5.48. The first-order chi connectivity index (χ1) is 16.3. The molecule has 0 saturated carbocycles. The molecule has 0 unspecified atom stereocenters. The van der Waals surface area contributed by atoms with Gasteiger partial charge in [-0.05, 0) is 24.3 Å². The number of aromatic nitrogens is 3. The van der Waals surface area contributed by atoms with Crippen LogP contribution in [0.1, 0.15) is 26.5 Å². The van der Waals surface area contributed by atoms with Crippen LogP contribution in [-0.2, 0) is 5.41 Å². The number of rotatable bonds is 4. The highest BCUT2D eigenvalue weighted by molar-refractivity contribution is 7.99. The number of amides is 2. The van der Waals surface area contributed by atoms with Crippen molar-refractivity contribution in [1.29, 1.82) is 0 Å². The second-order valence-corrected chi connectivity index (χ2v) is 9.79. The molecule has 3 heterocycles. The Morgan fingerprint density at radius 3 is 2.56 bits per heavy atom. The molecule has 1 aliphatic heterocycles. The van der Waals surface area contributed by atoms with Gasteiger partial charge in [-0.3, -0.25) is 5.32 Å². The first-order valence-corrected chi connectivity index (χ1v) is 11.5. The molecule has 0 saturated heterocycles. The van der Waals surface area contributed by atoms with Gasteiger partial charge in [0.2, 0.25) is 0 Å². The number of ether oxygens (including phenoxy) is 2. The lowest BCUT2D eigenvalue weighted by atomic mass is 9.93. The average Bonchev–Trinajstić information content (AvgIpc) is 3.27. The SMILES string of the molecule is CC(C)(C)c1cc(NC(=O)Nc2cccc(Sc3ncnc4cc5c(cc34)OCCO5)c2)no1. The predicted molar refractivity (Wildman–Crippen MR) is 129 cm³/mol. The number of anilines is 2. The number of carbonyl (C=O) groups excluding carboxylic acids is 1. The molecule has 9 nitrogen and oxygen atoms in total. The summed E-state index contributed by atoms with van der Waals surface area (Å²) in [6.45, 7) is 7.06. The van der Waals surface area contributed by atoms with Crippen LogP contribution < -0.4 is 20.1 Å². The van der Waals surface area contributed by atoms with E-state index in [2.05, 4.69) is 25.8 Å². The zero-order chi connectivity index (χ0) is 23.7. The Bertz CT molecular complexity index is 1370. The molecule has 1 aliphatic rings. The van der Waals surface area contributed by atoms with E-state index < -0.39 is 6.03 Å². The van der Waals surface area contributed by atoms with Crippen molar-refractivity contribution in [3.05, 3.63) is 54.6 Å². The molecule has 0 bridgehead atoms. The second-order valence-electron chi connectivity index (χ2n) is 8.73. The number of nitrogens with zero attached hydrogens (tertiary/aromatic N) is 3. The van der Waals surface area contributed by atoms with Gasteiger partial charge in [-0.2, -0.15) is 0 Å². The largest absolute Gasteiger partial charge is 0.486 e. The van der Waals surface area contributed by atoms with Gasteiger partial charge in [0.15, 0.2) is 17.3 Å². The molecule has 0 aliphatic carbocycles. The Hall–Kier alpha value is -3.79. The van der Waals surface area contributed by atoms with E-state index in [0.29, 0.717) is 42.0 Å². The van der Waals surface area contributed by atoms with Crippen molar-refractivity contribution in [3.8, 4) is 11.5 Å². The van der Waals surface area contributed by atoms with Gasteiger partial charge >= 0.3 is 6.03 Å². The molecule has 2 N–H and O–H groups in total. The van der Waals surface area contributed by atoms with Crippen LogP contribution >= 0.6 is 11.8 Å². The molecule has 4 aromatic rings. The third kappa shape index (κ3) is 4.76. The van der Waals surface area contributed by atoms with E-state index in [1.165, 1.54) is 18.1 Å². The minimum absolute atomic E-state index is 0.196. The normalized spacial score (nSPS) is 13.0. The minimum atomic E-state index is -0.410. The van der Waals surface area contributed by atoms with Gasteiger partial charge in [0.25, 0.3) is 0 Å². The van der Waals surface area contributed by atoms with Gasteiger partial charge in [-0.25, -0.2) is 14.8 Å². The summed E-state index contributed by atoms with van der Waals surface area (Å²) >= 11 is 1.47. The van der Waals surface area contributed by atoms with Crippen LogP contribution in [0, 0.1) is 0 Å². The topological polar surface area (TPSA) is 111 Å². The van der Waals surface area contributed by atoms with Crippen molar-refractivity contribution < 1.29 is 18.8 Å². The number of carbonyl (C=O) groups is 1. The highest BCUT2D eigenvalue weighted by Gasteiger charge is 2.20. The van der Waals surface area contributed by atoms with Crippen molar-refractivity contribution in [1.82, 2.24) is 15.1 Å². The monoisotopic (exact) mass is 477 g/mol. The molecule has 34 heavy (non-hydrogen) atoms. The molecule has 2 aromatic carbocycles. The molecule has 0 radical (unpaired) electrons. The highest BCUT2D eigenvalue weighted by Crippen LogP contribution is 2.38. The zero-order valence-corrected chi connectivity index (χ0v) is 19.7. The van der Waals surface area contributed by atoms with Crippen LogP contribution in [0.5, 0.6) is 11.5 Å². The first-order valence-electron chi connectivity index (χ1n) is 10.7. The first kappa shape index (κ1) is 22.0. The van der Waals surface area contributed by atoms with Gasteiger partial charge in [-0.1, -0.05) is 43.8 Å². The summed E-state index contributed by atoms with van der Waals surface area (Å²) in [4.78, 5) is 22.2. The van der Waals surface area contributed by atoms with Crippen LogP contribution in [0.4, 0.5) is 16.3 Å². The van der Waals surface area contributed by atoms with E-state index in [0.717, 1.165) is 20.8 Å². The second kappa shape index (κ2) is 8.86. The number of fused-ring (bicyclic) bond motifs is 2. The molecular weight excluding hydrogens is 454 g/mol. The van der Waals surface area contributed by atoms with Gasteiger partial charge in [0.1, 0.15) is 30.3 Å². The number of nitrogens with one attached hydrogen (secondary N) is 2. The maximum Gasteiger partial charge on any atom is 0.324 e. The van der Waals surface area contributed by atoms with Crippen molar-refractivity contribution >= 4 is 40.2 Å². The van der Waals surface area contributed by atoms with Gasteiger partial charge < -0.3 is 19.3 Å². The zero-order valence-electron chi connectivity index (χ0n) is 18.9. The smallest absolute Gasteiger partial charge is 0.324 e. The van der Waals surface area contributed by atoms with Crippen molar-refractivity contribution in [2.24, 2.45) is 0 Å². The molecule has 0 atom stereocenters. The fourth-order valence-electron chi connectivity index (χ4n) is 3.37. The van der Waals surface area contributed by atoms with E-state index in [-0.39, 0.29) is 5.41 Å². The number of hydrogen-bond donors (Lipinski definition) is 2. The Morgan fingerprint density at radius 2 is 1.79 bits per heavy atom. The van der Waals surface area contributed by atoms with E-state index in [1.54, 1.807) is 6.07 Å². The summed E-state index contributed by atoms with van der Waals surface area (Å²) in [6.07, 6.45) is 1.53. The molecule has 174 valence electrons. The number of urea groups is 1. The van der Waals surface area contributed by atoms with Crippen molar-refractivity contribution in [2.45, 2.75) is 36.1 Å². The number of hydrogen-bond acceptors (Lipinski definition) is 8. The van der Waals surface area contributed by atoms with Crippen LogP contribution in [0.25, 0.3) is 10.9 Å². The molecule has 10 heteroatoms. The fraction of sp³-hybridized carbons (Fsp3) is 0.250.